The maximum absolute atomic E-state index is 12.5. The molecule has 2 amide bonds. The van der Waals surface area contributed by atoms with Crippen LogP contribution in [0, 0.1) is 6.92 Å². The number of aromatic nitrogens is 1. The van der Waals surface area contributed by atoms with Crippen molar-refractivity contribution in [1.82, 2.24) is 15.2 Å². The average Bonchev–Trinajstić information content (AvgIpc) is 3.00. The van der Waals surface area contributed by atoms with E-state index >= 15 is 0 Å². The Kier molecular flexibility index (Phi) is 4.69. The van der Waals surface area contributed by atoms with Gasteiger partial charge in [-0.1, -0.05) is 42.5 Å². The molecule has 2 aromatic carbocycles. The molecule has 1 fully saturated rings. The third kappa shape index (κ3) is 3.53. The van der Waals surface area contributed by atoms with E-state index in [9.17, 15) is 14.4 Å². The van der Waals surface area contributed by atoms with Crippen molar-refractivity contribution in [3.63, 3.8) is 0 Å². The molecule has 2 N–H and O–H groups in total. The fourth-order valence-corrected chi connectivity index (χ4v) is 3.67. The topological polar surface area (TPSA) is 82.3 Å². The quantitative estimate of drug-likeness (QED) is 0.734. The summed E-state index contributed by atoms with van der Waals surface area (Å²) < 4.78 is 0. The Morgan fingerprint density at radius 1 is 1.11 bits per heavy atom. The van der Waals surface area contributed by atoms with E-state index in [4.69, 9.17) is 0 Å². The van der Waals surface area contributed by atoms with Crippen LogP contribution in [0.5, 0.6) is 0 Å². The summed E-state index contributed by atoms with van der Waals surface area (Å²) in [6, 6.07) is 17.0. The number of rotatable bonds is 4. The van der Waals surface area contributed by atoms with Crippen molar-refractivity contribution in [3.05, 3.63) is 81.8 Å². The van der Waals surface area contributed by atoms with E-state index in [2.05, 4.69) is 10.3 Å². The van der Waals surface area contributed by atoms with Gasteiger partial charge < -0.3 is 15.2 Å². The zero-order chi connectivity index (χ0) is 19.7. The van der Waals surface area contributed by atoms with Crippen molar-refractivity contribution in [2.45, 2.75) is 25.9 Å². The molecule has 142 valence electrons. The maximum atomic E-state index is 12.5. The Hall–Kier alpha value is -3.41. The predicted octanol–water partition coefficient (Wildman–Crippen LogP) is 2.37. The molecular formula is C22H21N3O3. The highest BCUT2D eigenvalue weighted by molar-refractivity contribution is 5.94. The highest BCUT2D eigenvalue weighted by Crippen LogP contribution is 2.22. The predicted molar refractivity (Wildman–Crippen MR) is 107 cm³/mol. The number of likely N-dealkylation sites (tertiary alicyclic amines) is 1. The van der Waals surface area contributed by atoms with Gasteiger partial charge in [0.05, 0.1) is 6.04 Å². The molecule has 0 radical (unpaired) electrons. The lowest BCUT2D eigenvalue weighted by Crippen LogP contribution is -2.39. The summed E-state index contributed by atoms with van der Waals surface area (Å²) in [6.45, 7) is 2.68. The van der Waals surface area contributed by atoms with Gasteiger partial charge in [-0.2, -0.15) is 0 Å². The minimum absolute atomic E-state index is 0.00366. The monoisotopic (exact) mass is 375 g/mol. The van der Waals surface area contributed by atoms with Crippen molar-refractivity contribution in [1.29, 1.82) is 0 Å². The standard InChI is InChI=1S/C22H21N3O3/c1-14-9-10-19(21(27)23-14)22(28)24-17-11-20(26)25(13-17)12-16-7-4-6-15-5-2-3-8-18(15)16/h2-10,17H,11-13H2,1H3,(H,23,27)(H,24,28)/t17-/m0/s1. The largest absolute Gasteiger partial charge is 0.347 e. The Balaban J connectivity index is 1.46. The molecule has 0 unspecified atom stereocenters. The Bertz CT molecular complexity index is 1110. The van der Waals surface area contributed by atoms with Gasteiger partial charge in [0.1, 0.15) is 5.56 Å². The number of pyridine rings is 1. The minimum atomic E-state index is -0.453. The van der Waals surface area contributed by atoms with E-state index in [1.54, 1.807) is 17.9 Å². The molecule has 1 aromatic heterocycles. The second-order valence-corrected chi connectivity index (χ2v) is 7.17. The number of aryl methyl sites for hydroxylation is 1. The van der Waals surface area contributed by atoms with Gasteiger partial charge in [-0.3, -0.25) is 14.4 Å². The van der Waals surface area contributed by atoms with Crippen molar-refractivity contribution in [3.8, 4) is 0 Å². The smallest absolute Gasteiger partial charge is 0.260 e. The summed E-state index contributed by atoms with van der Waals surface area (Å²) in [4.78, 5) is 41.2. The van der Waals surface area contributed by atoms with E-state index in [0.29, 0.717) is 18.8 Å². The first-order valence-electron chi connectivity index (χ1n) is 9.26. The number of carbonyl (C=O) groups is 2. The van der Waals surface area contributed by atoms with E-state index in [1.165, 1.54) is 6.07 Å². The number of fused-ring (bicyclic) bond motifs is 1. The van der Waals surface area contributed by atoms with Gasteiger partial charge in [-0.15, -0.1) is 0 Å². The van der Waals surface area contributed by atoms with Crippen molar-refractivity contribution in [2.24, 2.45) is 0 Å². The van der Waals surface area contributed by atoms with Gasteiger partial charge in [0.25, 0.3) is 11.5 Å². The van der Waals surface area contributed by atoms with Crippen LogP contribution in [-0.4, -0.2) is 34.3 Å². The van der Waals surface area contributed by atoms with Crippen molar-refractivity contribution in [2.75, 3.05) is 6.54 Å². The van der Waals surface area contributed by atoms with Gasteiger partial charge in [-0.25, -0.2) is 0 Å². The minimum Gasteiger partial charge on any atom is -0.347 e. The summed E-state index contributed by atoms with van der Waals surface area (Å²) in [7, 11) is 0. The molecule has 0 spiro atoms. The van der Waals surface area contributed by atoms with Crippen molar-refractivity contribution >= 4 is 22.6 Å². The summed E-state index contributed by atoms with van der Waals surface area (Å²) in [6.07, 6.45) is 0.236. The number of nitrogens with zero attached hydrogens (tertiary/aromatic N) is 1. The van der Waals surface area contributed by atoms with Crippen LogP contribution in [0.25, 0.3) is 10.8 Å². The Morgan fingerprint density at radius 2 is 1.89 bits per heavy atom. The molecule has 1 aliphatic rings. The first-order valence-corrected chi connectivity index (χ1v) is 9.26. The third-order valence-corrected chi connectivity index (χ3v) is 5.09. The zero-order valence-corrected chi connectivity index (χ0v) is 15.6. The lowest BCUT2D eigenvalue weighted by molar-refractivity contribution is -0.128. The molecule has 4 rings (SSSR count). The Morgan fingerprint density at radius 3 is 2.71 bits per heavy atom. The van der Waals surface area contributed by atoms with Crippen molar-refractivity contribution < 1.29 is 9.59 Å². The van der Waals surface area contributed by atoms with Crippen LogP contribution < -0.4 is 10.9 Å². The Labute approximate surface area is 162 Å². The van der Waals surface area contributed by atoms with Crippen LogP contribution in [0.1, 0.15) is 28.0 Å². The maximum Gasteiger partial charge on any atom is 0.260 e. The lowest BCUT2D eigenvalue weighted by Gasteiger charge is -2.18. The number of nitrogens with one attached hydrogen (secondary N) is 2. The number of H-pyrrole nitrogens is 1. The van der Waals surface area contributed by atoms with Crippen LogP contribution in [0.2, 0.25) is 0 Å². The first-order chi connectivity index (χ1) is 13.5. The molecule has 2 heterocycles. The van der Waals surface area contributed by atoms with Gasteiger partial charge >= 0.3 is 0 Å². The number of carbonyl (C=O) groups excluding carboxylic acids is 2. The normalized spacial score (nSPS) is 16.5. The number of hydrogen-bond acceptors (Lipinski definition) is 3. The highest BCUT2D eigenvalue weighted by atomic mass is 16.2. The van der Waals surface area contributed by atoms with Gasteiger partial charge in [0.2, 0.25) is 5.91 Å². The molecule has 6 heteroatoms. The lowest BCUT2D eigenvalue weighted by atomic mass is 10.0. The molecular weight excluding hydrogens is 354 g/mol. The second kappa shape index (κ2) is 7.31. The second-order valence-electron chi connectivity index (χ2n) is 7.17. The average molecular weight is 375 g/mol. The number of hydrogen-bond donors (Lipinski definition) is 2. The van der Waals surface area contributed by atoms with Gasteiger partial charge in [0, 0.05) is 25.2 Å². The summed E-state index contributed by atoms with van der Waals surface area (Å²) in [5.74, 6) is -0.456. The fraction of sp³-hybridized carbons (Fsp3) is 0.227. The molecule has 0 aliphatic carbocycles. The molecule has 1 atom stereocenters. The van der Waals surface area contributed by atoms with Gasteiger partial charge in [0.15, 0.2) is 0 Å². The van der Waals surface area contributed by atoms with Crippen LogP contribution in [0.4, 0.5) is 0 Å². The van der Waals surface area contributed by atoms with E-state index in [1.807, 2.05) is 42.5 Å². The molecule has 6 nitrogen and oxygen atoms in total. The van der Waals surface area contributed by atoms with Crippen LogP contribution in [0.15, 0.2) is 59.4 Å². The molecule has 1 saturated heterocycles. The van der Waals surface area contributed by atoms with E-state index in [-0.39, 0.29) is 23.9 Å². The highest BCUT2D eigenvalue weighted by Gasteiger charge is 2.31. The molecule has 0 bridgehead atoms. The number of amides is 2. The first kappa shape index (κ1) is 18.0. The fourth-order valence-electron chi connectivity index (χ4n) is 3.67. The number of aromatic amines is 1. The third-order valence-electron chi connectivity index (χ3n) is 5.09. The van der Waals surface area contributed by atoms with Crippen LogP contribution in [-0.2, 0) is 11.3 Å². The van der Waals surface area contributed by atoms with Gasteiger partial charge in [-0.05, 0) is 35.4 Å². The SMILES string of the molecule is Cc1ccc(C(=O)N[C@H]2CC(=O)N(Cc3cccc4ccccc34)C2)c(=O)[nH]1. The molecule has 3 aromatic rings. The van der Waals surface area contributed by atoms with E-state index < -0.39 is 11.5 Å². The molecule has 28 heavy (non-hydrogen) atoms. The summed E-state index contributed by atoms with van der Waals surface area (Å²) in [5, 5.41) is 5.07. The molecule has 1 aliphatic heterocycles. The number of benzene rings is 2. The zero-order valence-electron chi connectivity index (χ0n) is 15.6. The van der Waals surface area contributed by atoms with Crippen LogP contribution in [0.3, 0.4) is 0 Å². The summed E-state index contributed by atoms with van der Waals surface area (Å²) >= 11 is 0. The van der Waals surface area contributed by atoms with Crippen LogP contribution >= 0.6 is 0 Å². The molecule has 0 saturated carbocycles. The summed E-state index contributed by atoms with van der Waals surface area (Å²) in [5.41, 5.74) is 1.41. The van der Waals surface area contributed by atoms with E-state index in [0.717, 1.165) is 16.3 Å².